The molecule has 0 atom stereocenters. The molecule has 1 aromatic heterocycles. The maximum atomic E-state index is 4.46. The van der Waals surface area contributed by atoms with Gasteiger partial charge in [0, 0.05) is 11.9 Å². The normalized spacial score (nSPS) is 12.8. The van der Waals surface area contributed by atoms with Crippen molar-refractivity contribution < 1.29 is 0 Å². The largest absolute Gasteiger partial charge is 0.269 e. The minimum Gasteiger partial charge on any atom is -0.269 e. The average molecular weight is 214 g/mol. The van der Waals surface area contributed by atoms with E-state index < -0.39 is 0 Å². The lowest BCUT2D eigenvalue weighted by Gasteiger charge is -2.07. The van der Waals surface area contributed by atoms with Crippen LogP contribution in [0, 0.1) is 13.8 Å². The molecule has 0 bridgehead atoms. The summed E-state index contributed by atoms with van der Waals surface area (Å²) in [4.78, 5) is 8.35. The molecule has 0 N–H and O–H groups in total. The van der Waals surface area contributed by atoms with E-state index >= 15 is 0 Å². The Labute approximate surface area is 97.5 Å². The highest BCUT2D eigenvalue weighted by Crippen LogP contribution is 2.19. The summed E-state index contributed by atoms with van der Waals surface area (Å²) in [5.41, 5.74) is 5.36. The molecule has 84 valence electrons. The van der Waals surface area contributed by atoms with Crippen LogP contribution < -0.4 is 0 Å². The predicted molar refractivity (Wildman–Crippen MR) is 70.7 cm³/mol. The van der Waals surface area contributed by atoms with Gasteiger partial charge in [0.1, 0.15) is 0 Å². The van der Waals surface area contributed by atoms with E-state index in [1.54, 1.807) is 0 Å². The van der Waals surface area contributed by atoms with Gasteiger partial charge in [0.2, 0.25) is 0 Å². The number of allylic oxidation sites excluding steroid dienone is 4. The quantitative estimate of drug-likeness (QED) is 0.556. The summed E-state index contributed by atoms with van der Waals surface area (Å²) < 4.78 is 0. The molecule has 0 unspecified atom stereocenters. The first-order chi connectivity index (χ1) is 7.58. The van der Waals surface area contributed by atoms with Gasteiger partial charge in [-0.2, -0.15) is 0 Å². The van der Waals surface area contributed by atoms with Gasteiger partial charge in [-0.05, 0) is 57.2 Å². The molecule has 0 radical (unpaired) electrons. The molecule has 0 fully saturated rings. The lowest BCUT2D eigenvalue weighted by Crippen LogP contribution is -1.93. The van der Waals surface area contributed by atoms with E-state index in [0.717, 1.165) is 17.0 Å². The van der Waals surface area contributed by atoms with Gasteiger partial charge in [-0.1, -0.05) is 12.1 Å². The van der Waals surface area contributed by atoms with Gasteiger partial charge in [-0.25, -0.2) is 0 Å². The molecule has 0 aliphatic rings. The first-order valence-electron chi connectivity index (χ1n) is 5.33. The zero-order valence-electron chi connectivity index (χ0n) is 10.4. The van der Waals surface area contributed by atoms with Crippen LogP contribution in [0.1, 0.15) is 30.7 Å². The molecular weight excluding hydrogens is 196 g/mol. The van der Waals surface area contributed by atoms with Gasteiger partial charge in [-0.15, -0.1) is 0 Å². The van der Waals surface area contributed by atoms with Crippen molar-refractivity contribution in [2.24, 2.45) is 4.99 Å². The number of hydrogen-bond donors (Lipinski definition) is 0. The predicted octanol–water partition coefficient (Wildman–Crippen LogP) is 3.71. The minimum atomic E-state index is 0.898. The highest BCUT2D eigenvalue weighted by atomic mass is 14.7. The minimum absolute atomic E-state index is 0.898. The second-order valence-electron chi connectivity index (χ2n) is 3.87. The van der Waals surface area contributed by atoms with Crippen LogP contribution in [-0.4, -0.2) is 11.7 Å². The third kappa shape index (κ3) is 2.89. The first kappa shape index (κ1) is 12.4. The summed E-state index contributed by atoms with van der Waals surface area (Å²) in [5, 5.41) is 0. The van der Waals surface area contributed by atoms with Crippen molar-refractivity contribution in [3.63, 3.8) is 0 Å². The summed E-state index contributed by atoms with van der Waals surface area (Å²) in [7, 11) is 0. The molecule has 0 aromatic carbocycles. The Balaban J connectivity index is 3.20. The molecule has 16 heavy (non-hydrogen) atoms. The molecule has 0 saturated heterocycles. The molecule has 1 aromatic rings. The molecule has 1 heterocycles. The van der Waals surface area contributed by atoms with Crippen molar-refractivity contribution in [2.45, 2.75) is 27.7 Å². The van der Waals surface area contributed by atoms with E-state index in [2.05, 4.69) is 29.7 Å². The second kappa shape index (κ2) is 5.40. The Kier molecular flexibility index (Phi) is 4.18. The summed E-state index contributed by atoms with van der Waals surface area (Å²) in [5.74, 6) is 0. The molecule has 1 rings (SSSR count). The van der Waals surface area contributed by atoms with E-state index in [1.165, 1.54) is 11.1 Å². The lowest BCUT2D eigenvalue weighted by atomic mass is 10.0. The van der Waals surface area contributed by atoms with Gasteiger partial charge in [0.25, 0.3) is 0 Å². The van der Waals surface area contributed by atoms with Crippen molar-refractivity contribution in [3.8, 4) is 0 Å². The molecule has 0 aliphatic heterocycles. The summed E-state index contributed by atoms with van der Waals surface area (Å²) in [6.07, 6.45) is 5.92. The Morgan fingerprint density at radius 1 is 1.44 bits per heavy atom. The Hall–Kier alpha value is -1.70. The highest BCUT2D eigenvalue weighted by molar-refractivity contribution is 5.74. The van der Waals surface area contributed by atoms with Gasteiger partial charge in [0.15, 0.2) is 0 Å². The Morgan fingerprint density at radius 3 is 2.62 bits per heavy atom. The van der Waals surface area contributed by atoms with Crippen molar-refractivity contribution >= 4 is 12.3 Å². The van der Waals surface area contributed by atoms with E-state index in [1.807, 2.05) is 39.1 Å². The maximum absolute atomic E-state index is 4.46. The van der Waals surface area contributed by atoms with Crippen LogP contribution in [0.2, 0.25) is 0 Å². The molecule has 0 spiro atoms. The molecule has 0 aliphatic carbocycles. The molecule has 0 saturated carbocycles. The number of aryl methyl sites for hydroxylation is 2. The second-order valence-corrected chi connectivity index (χ2v) is 3.87. The van der Waals surface area contributed by atoms with Crippen LogP contribution in [0.25, 0.3) is 5.57 Å². The van der Waals surface area contributed by atoms with Crippen LogP contribution in [0.15, 0.2) is 35.1 Å². The van der Waals surface area contributed by atoms with Crippen LogP contribution in [-0.2, 0) is 0 Å². The van der Waals surface area contributed by atoms with E-state index in [-0.39, 0.29) is 0 Å². The van der Waals surface area contributed by atoms with E-state index in [0.29, 0.717) is 0 Å². The Morgan fingerprint density at radius 2 is 2.12 bits per heavy atom. The molecule has 2 nitrogen and oxygen atoms in total. The number of aromatic nitrogens is 1. The Bertz CT molecular complexity index is 454. The van der Waals surface area contributed by atoms with Crippen LogP contribution in [0.4, 0.5) is 0 Å². The van der Waals surface area contributed by atoms with E-state index in [9.17, 15) is 0 Å². The SMILES string of the molecule is C=N/C(C)=C\C(=C/C)c1ncc(C)cc1C. The molecular formula is C14H18N2. The van der Waals surface area contributed by atoms with Gasteiger partial charge in [-0.3, -0.25) is 9.98 Å². The zero-order chi connectivity index (χ0) is 12.1. The highest BCUT2D eigenvalue weighted by Gasteiger charge is 2.04. The monoisotopic (exact) mass is 214 g/mol. The van der Waals surface area contributed by atoms with Gasteiger partial charge >= 0.3 is 0 Å². The molecule has 0 amide bonds. The third-order valence-electron chi connectivity index (χ3n) is 2.41. The standard InChI is InChI=1S/C14H18N2/c1-6-13(8-12(4)15-5)14-11(3)7-10(2)9-16-14/h6-9H,5H2,1-4H3/b12-8-,13-6+. The topological polar surface area (TPSA) is 25.2 Å². The number of rotatable bonds is 3. The van der Waals surface area contributed by atoms with Gasteiger partial charge < -0.3 is 0 Å². The fourth-order valence-electron chi connectivity index (χ4n) is 1.58. The smallest absolute Gasteiger partial charge is 0.0728 e. The van der Waals surface area contributed by atoms with Crippen molar-refractivity contribution in [1.82, 2.24) is 4.98 Å². The number of hydrogen-bond acceptors (Lipinski definition) is 2. The van der Waals surface area contributed by atoms with Crippen LogP contribution in [0.5, 0.6) is 0 Å². The van der Waals surface area contributed by atoms with Crippen molar-refractivity contribution in [2.75, 3.05) is 0 Å². The van der Waals surface area contributed by atoms with Crippen molar-refractivity contribution in [3.05, 3.63) is 46.9 Å². The number of aliphatic imine (C=N–C) groups is 1. The third-order valence-corrected chi connectivity index (χ3v) is 2.41. The fourth-order valence-corrected chi connectivity index (χ4v) is 1.58. The van der Waals surface area contributed by atoms with Crippen molar-refractivity contribution in [1.29, 1.82) is 0 Å². The van der Waals surface area contributed by atoms with Gasteiger partial charge in [0.05, 0.1) is 5.69 Å². The summed E-state index contributed by atoms with van der Waals surface area (Å²) in [6, 6.07) is 2.14. The zero-order valence-corrected chi connectivity index (χ0v) is 10.4. The summed E-state index contributed by atoms with van der Waals surface area (Å²) >= 11 is 0. The number of pyridine rings is 1. The lowest BCUT2D eigenvalue weighted by molar-refractivity contribution is 1.18. The average Bonchev–Trinajstić information content (AvgIpc) is 2.26. The van der Waals surface area contributed by atoms with E-state index in [4.69, 9.17) is 0 Å². The molecule has 2 heteroatoms. The maximum Gasteiger partial charge on any atom is 0.0728 e. The fraction of sp³-hybridized carbons (Fsp3) is 0.286. The first-order valence-corrected chi connectivity index (χ1v) is 5.33. The van der Waals surface area contributed by atoms with Crippen LogP contribution >= 0.6 is 0 Å². The summed E-state index contributed by atoms with van der Waals surface area (Å²) in [6.45, 7) is 11.6. The van der Waals surface area contributed by atoms with Crippen LogP contribution in [0.3, 0.4) is 0 Å². The number of nitrogens with zero attached hydrogens (tertiary/aromatic N) is 2.